The van der Waals surface area contributed by atoms with E-state index in [-0.39, 0.29) is 70.1 Å². The Morgan fingerprint density at radius 1 is 1.22 bits per heavy atom. The molecule has 2 aromatic rings. The molecule has 2 bridgehead atoms. The summed E-state index contributed by atoms with van der Waals surface area (Å²) >= 11 is 4.62. The van der Waals surface area contributed by atoms with Crippen molar-refractivity contribution >= 4 is 52.2 Å². The number of H-pyrrole nitrogens is 1. The van der Waals surface area contributed by atoms with E-state index < -0.39 is 5.97 Å². The van der Waals surface area contributed by atoms with Gasteiger partial charge in [0.25, 0.3) is 0 Å². The topological polar surface area (TPSA) is 96.5 Å². The summed E-state index contributed by atoms with van der Waals surface area (Å²) in [4.78, 5) is 57.4. The average molecular weight is 491 g/mol. The molecule has 1 N–H and O–H groups in total. The molecule has 0 unspecified atom stereocenters. The molecule has 0 aromatic carbocycles. The van der Waals surface area contributed by atoms with Gasteiger partial charge >= 0.3 is 10.8 Å². The van der Waals surface area contributed by atoms with Crippen LogP contribution in [0.4, 0.5) is 0 Å². The molecular weight excluding hydrogens is 468 g/mol. The van der Waals surface area contributed by atoms with Crippen LogP contribution in [0, 0.1) is 29.6 Å². The van der Waals surface area contributed by atoms with E-state index >= 15 is 0 Å². The van der Waals surface area contributed by atoms with Gasteiger partial charge in [0, 0.05) is 20.9 Å². The van der Waals surface area contributed by atoms with E-state index in [0.29, 0.717) is 0 Å². The normalized spacial score (nSPS) is 34.7. The minimum absolute atomic E-state index is 0.0569. The van der Waals surface area contributed by atoms with E-state index in [9.17, 15) is 19.2 Å². The zero-order chi connectivity index (χ0) is 22.3. The summed E-state index contributed by atoms with van der Waals surface area (Å²) in [5.41, 5.74) is 0. The Morgan fingerprint density at radius 2 is 1.97 bits per heavy atom. The van der Waals surface area contributed by atoms with E-state index in [1.165, 1.54) is 16.2 Å². The molecule has 1 saturated heterocycles. The minimum Gasteiger partial charge on any atom is -0.462 e. The van der Waals surface area contributed by atoms with Crippen LogP contribution in [-0.4, -0.2) is 45.6 Å². The number of carbonyl (C=O) groups is 3. The molecule has 2 aromatic heterocycles. The van der Waals surface area contributed by atoms with Crippen molar-refractivity contribution in [3.8, 4) is 0 Å². The predicted octanol–water partition coefficient (Wildman–Crippen LogP) is 2.92. The van der Waals surface area contributed by atoms with Crippen molar-refractivity contribution in [2.24, 2.45) is 29.6 Å². The van der Waals surface area contributed by atoms with Crippen LogP contribution in [0.15, 0.2) is 27.3 Å². The number of imide groups is 1. The van der Waals surface area contributed by atoms with Crippen molar-refractivity contribution < 1.29 is 19.1 Å². The number of nitrogens with zero attached hydrogens (tertiary/aromatic N) is 1. The van der Waals surface area contributed by atoms with Crippen LogP contribution in [0.2, 0.25) is 0 Å². The lowest BCUT2D eigenvalue weighted by Gasteiger charge is -2.42. The van der Waals surface area contributed by atoms with Gasteiger partial charge in [-0.15, -0.1) is 23.1 Å². The summed E-state index contributed by atoms with van der Waals surface area (Å²) in [6.45, 7) is 3.19. The number of aromatic nitrogens is 1. The van der Waals surface area contributed by atoms with Crippen molar-refractivity contribution in [1.82, 2.24) is 9.88 Å². The second kappa shape index (κ2) is 7.30. The molecular formula is C22H22N2O5S3. The van der Waals surface area contributed by atoms with Crippen LogP contribution >= 0.6 is 34.4 Å². The standard InChI is InChI=1S/C22H22N2O5S3/c1-8(2)29-12(25)7-24-20(26)14-9-6-10(15(14)21(24)27)17-13(9)16(11-4-3-5-30-11)18-19(31-17)23-22(28)32-18/h3-5,8-10,13-17H,6-7H2,1-2H3,(H,23,28)/t9-,10+,13+,14+,15-,16-,17-/m1/s1. The highest BCUT2D eigenvalue weighted by molar-refractivity contribution is 8.00. The molecule has 2 aliphatic carbocycles. The summed E-state index contributed by atoms with van der Waals surface area (Å²) < 4.78 is 5.18. The first kappa shape index (κ1) is 20.7. The fraction of sp³-hybridized carbons (Fsp3) is 0.545. The lowest BCUT2D eigenvalue weighted by atomic mass is 9.69. The van der Waals surface area contributed by atoms with E-state index in [0.717, 1.165) is 21.2 Å². The Morgan fingerprint density at radius 3 is 2.66 bits per heavy atom. The molecule has 0 radical (unpaired) electrons. The SMILES string of the molecule is CC(C)OC(=O)CN1C(=O)[C@@H]2[C@@H]3C[C@@H]([C@@H]2C1=O)[C@H]1[C@@H](c2cccs2)c2sc(=O)[nH]c2S[C@H]31. The van der Waals surface area contributed by atoms with Gasteiger partial charge in [0.15, 0.2) is 0 Å². The highest BCUT2D eigenvalue weighted by Gasteiger charge is 2.69. The molecule has 7 atom stereocenters. The number of ether oxygens (including phenoxy) is 1. The van der Waals surface area contributed by atoms with Gasteiger partial charge in [0.05, 0.1) is 23.0 Å². The van der Waals surface area contributed by atoms with Gasteiger partial charge in [-0.3, -0.25) is 24.1 Å². The number of aromatic amines is 1. The van der Waals surface area contributed by atoms with Crippen molar-refractivity contribution in [3.05, 3.63) is 36.9 Å². The largest absolute Gasteiger partial charge is 0.462 e. The first-order valence-corrected chi connectivity index (χ1v) is 13.4. The van der Waals surface area contributed by atoms with Crippen molar-refractivity contribution in [1.29, 1.82) is 0 Å². The lowest BCUT2D eigenvalue weighted by molar-refractivity contribution is -0.155. The predicted molar refractivity (Wildman–Crippen MR) is 121 cm³/mol. The highest BCUT2D eigenvalue weighted by Crippen LogP contribution is 2.68. The molecule has 6 rings (SSSR count). The van der Waals surface area contributed by atoms with Gasteiger partial charge in [0.1, 0.15) is 6.54 Å². The van der Waals surface area contributed by atoms with Crippen LogP contribution in [0.3, 0.4) is 0 Å². The van der Waals surface area contributed by atoms with E-state index in [1.54, 1.807) is 36.9 Å². The Labute approximate surface area is 196 Å². The molecule has 3 fully saturated rings. The second-order valence-electron chi connectivity index (χ2n) is 9.28. The number of thioether (sulfide) groups is 1. The fourth-order valence-corrected chi connectivity index (χ4v) is 10.3. The monoisotopic (exact) mass is 490 g/mol. The van der Waals surface area contributed by atoms with Gasteiger partial charge < -0.3 is 9.72 Å². The summed E-state index contributed by atoms with van der Waals surface area (Å²) in [6, 6.07) is 4.13. The average Bonchev–Trinajstić information content (AvgIpc) is 3.52. The van der Waals surface area contributed by atoms with Crippen LogP contribution in [0.5, 0.6) is 0 Å². The van der Waals surface area contributed by atoms with E-state index in [1.807, 2.05) is 11.4 Å². The second-order valence-corrected chi connectivity index (χ2v) is 12.5. The van der Waals surface area contributed by atoms with Crippen LogP contribution < -0.4 is 4.87 Å². The summed E-state index contributed by atoms with van der Waals surface area (Å²) in [6.07, 6.45) is 0.554. The number of hydrogen-bond donors (Lipinski definition) is 1. The van der Waals surface area contributed by atoms with Crippen molar-refractivity contribution in [2.45, 2.75) is 42.6 Å². The smallest absolute Gasteiger partial charge is 0.326 e. The molecule has 4 aliphatic rings. The van der Waals surface area contributed by atoms with Gasteiger partial charge in [-0.25, -0.2) is 0 Å². The molecule has 4 heterocycles. The summed E-state index contributed by atoms with van der Waals surface area (Å²) in [5, 5.41) is 3.13. The first-order chi connectivity index (χ1) is 15.3. The molecule has 2 saturated carbocycles. The number of nitrogens with one attached hydrogen (secondary N) is 1. The van der Waals surface area contributed by atoms with Crippen LogP contribution in [0.25, 0.3) is 0 Å². The Hall–Kier alpha value is -1.91. The number of fused-ring (bicyclic) bond motifs is 9. The minimum atomic E-state index is -0.544. The zero-order valence-corrected chi connectivity index (χ0v) is 19.9. The van der Waals surface area contributed by atoms with Crippen molar-refractivity contribution in [2.75, 3.05) is 6.54 Å². The fourth-order valence-electron chi connectivity index (χ4n) is 6.45. The highest BCUT2D eigenvalue weighted by atomic mass is 32.2. The maximum absolute atomic E-state index is 13.4. The van der Waals surface area contributed by atoms with Crippen molar-refractivity contribution in [3.63, 3.8) is 0 Å². The number of rotatable bonds is 4. The van der Waals surface area contributed by atoms with Gasteiger partial charge in [-0.05, 0) is 49.5 Å². The van der Waals surface area contributed by atoms with E-state index in [2.05, 4.69) is 11.1 Å². The third kappa shape index (κ3) is 2.85. The molecule has 0 spiro atoms. The maximum atomic E-state index is 13.4. The molecule has 2 amide bonds. The van der Waals surface area contributed by atoms with Gasteiger partial charge in [-0.2, -0.15) is 0 Å². The third-order valence-electron chi connectivity index (χ3n) is 7.32. The quantitative estimate of drug-likeness (QED) is 0.523. The lowest BCUT2D eigenvalue weighted by Crippen LogP contribution is -2.42. The first-order valence-electron chi connectivity index (χ1n) is 10.8. The zero-order valence-electron chi connectivity index (χ0n) is 17.5. The number of amides is 2. The van der Waals surface area contributed by atoms with Crippen LogP contribution in [-0.2, 0) is 19.1 Å². The van der Waals surface area contributed by atoms with Gasteiger partial charge in [-0.1, -0.05) is 17.4 Å². The number of thiazole rings is 1. The number of esters is 1. The van der Waals surface area contributed by atoms with Gasteiger partial charge in [0.2, 0.25) is 11.8 Å². The molecule has 10 heteroatoms. The third-order valence-corrected chi connectivity index (χ3v) is 10.9. The number of carbonyl (C=O) groups excluding carboxylic acids is 3. The molecule has 32 heavy (non-hydrogen) atoms. The van der Waals surface area contributed by atoms with E-state index in [4.69, 9.17) is 4.74 Å². The molecule has 2 aliphatic heterocycles. The molecule has 7 nitrogen and oxygen atoms in total. The Kier molecular flexibility index (Phi) is 4.71. The van der Waals surface area contributed by atoms with Crippen LogP contribution in [0.1, 0.15) is 35.9 Å². The number of likely N-dealkylation sites (tertiary alicyclic amines) is 1. The number of hydrogen-bond acceptors (Lipinski definition) is 8. The molecule has 168 valence electrons. The summed E-state index contributed by atoms with van der Waals surface area (Å²) in [7, 11) is 0. The Balaban J connectivity index is 1.36. The maximum Gasteiger partial charge on any atom is 0.326 e. The summed E-state index contributed by atoms with van der Waals surface area (Å²) in [5.74, 6) is -1.34. The number of thiophene rings is 1. The Bertz CT molecular complexity index is 1170.